The molecule has 0 aliphatic carbocycles. The van der Waals surface area contributed by atoms with Gasteiger partial charge in [0.25, 0.3) is 5.91 Å². The third kappa shape index (κ3) is 6.79. The van der Waals surface area contributed by atoms with Crippen molar-refractivity contribution in [2.24, 2.45) is 0 Å². The van der Waals surface area contributed by atoms with E-state index < -0.39 is 6.04 Å². The van der Waals surface area contributed by atoms with E-state index in [0.29, 0.717) is 17.3 Å². The molecule has 0 heterocycles. The Morgan fingerprint density at radius 2 is 1.76 bits per heavy atom. The second-order valence-corrected chi connectivity index (χ2v) is 7.63. The average Bonchev–Trinajstić information content (AvgIpc) is 2.71. The molecular weight excluding hydrogens is 388 g/mol. The smallest absolute Gasteiger partial charge is 0.261 e. The zero-order chi connectivity index (χ0) is 21.4. The zero-order valence-electron chi connectivity index (χ0n) is 17.4. The number of nitrogens with zero attached hydrogens (tertiary/aromatic N) is 1. The number of rotatable bonds is 9. The van der Waals surface area contributed by atoms with Crippen LogP contribution in [-0.2, 0) is 16.1 Å². The van der Waals surface area contributed by atoms with Gasteiger partial charge in [-0.25, -0.2) is 0 Å². The highest BCUT2D eigenvalue weighted by molar-refractivity contribution is 6.30. The van der Waals surface area contributed by atoms with Gasteiger partial charge >= 0.3 is 0 Å². The minimum Gasteiger partial charge on any atom is -0.484 e. The molecular formula is C23H29ClN2O3. The Morgan fingerprint density at radius 1 is 1.10 bits per heavy atom. The van der Waals surface area contributed by atoms with E-state index in [1.165, 1.54) is 0 Å². The highest BCUT2D eigenvalue weighted by Crippen LogP contribution is 2.18. The van der Waals surface area contributed by atoms with Crippen LogP contribution in [0.25, 0.3) is 0 Å². The molecule has 0 radical (unpaired) electrons. The summed E-state index contributed by atoms with van der Waals surface area (Å²) in [6.07, 6.45) is 0.819. The number of carbonyl (C=O) groups is 2. The Morgan fingerprint density at radius 3 is 2.38 bits per heavy atom. The molecule has 0 aliphatic rings. The molecule has 156 valence electrons. The maximum atomic E-state index is 13.0. The van der Waals surface area contributed by atoms with Crippen LogP contribution in [0.3, 0.4) is 0 Å². The van der Waals surface area contributed by atoms with Crippen LogP contribution in [0.2, 0.25) is 5.02 Å². The SMILES string of the molecule is CC[C@H](C)NC(=O)[C@H](C)N(Cc1ccc(Cl)cc1)C(=O)COc1ccccc1C. The third-order valence-electron chi connectivity index (χ3n) is 4.88. The number of carbonyl (C=O) groups excluding carboxylic acids is 2. The maximum absolute atomic E-state index is 13.0. The number of benzene rings is 2. The molecule has 0 unspecified atom stereocenters. The van der Waals surface area contributed by atoms with Gasteiger partial charge in [-0.05, 0) is 56.5 Å². The Labute approximate surface area is 178 Å². The summed E-state index contributed by atoms with van der Waals surface area (Å²) in [7, 11) is 0. The number of amides is 2. The fraction of sp³-hybridized carbons (Fsp3) is 0.391. The quantitative estimate of drug-likeness (QED) is 0.660. The maximum Gasteiger partial charge on any atom is 0.261 e. The second kappa shape index (κ2) is 10.9. The van der Waals surface area contributed by atoms with Gasteiger partial charge in [0.1, 0.15) is 11.8 Å². The van der Waals surface area contributed by atoms with E-state index in [9.17, 15) is 9.59 Å². The first-order valence-corrected chi connectivity index (χ1v) is 10.2. The van der Waals surface area contributed by atoms with Crippen LogP contribution >= 0.6 is 11.6 Å². The lowest BCUT2D eigenvalue weighted by atomic mass is 10.1. The zero-order valence-corrected chi connectivity index (χ0v) is 18.2. The van der Waals surface area contributed by atoms with Gasteiger partial charge in [-0.3, -0.25) is 9.59 Å². The minimum atomic E-state index is -0.632. The minimum absolute atomic E-state index is 0.0423. The van der Waals surface area contributed by atoms with Crippen LogP contribution in [0.15, 0.2) is 48.5 Å². The Bertz CT molecular complexity index is 823. The molecule has 6 heteroatoms. The normalized spacial score (nSPS) is 12.7. The van der Waals surface area contributed by atoms with Crippen LogP contribution in [0.5, 0.6) is 5.75 Å². The Hall–Kier alpha value is -2.53. The van der Waals surface area contributed by atoms with E-state index in [2.05, 4.69) is 5.32 Å². The molecule has 29 heavy (non-hydrogen) atoms. The molecule has 0 bridgehead atoms. The number of halogens is 1. The summed E-state index contributed by atoms with van der Waals surface area (Å²) in [5.41, 5.74) is 1.84. The van der Waals surface area contributed by atoms with Crippen molar-refractivity contribution in [1.29, 1.82) is 0 Å². The predicted molar refractivity (Wildman–Crippen MR) is 116 cm³/mol. The fourth-order valence-electron chi connectivity index (χ4n) is 2.78. The number of hydrogen-bond donors (Lipinski definition) is 1. The molecule has 0 saturated carbocycles. The summed E-state index contributed by atoms with van der Waals surface area (Å²) in [4.78, 5) is 27.2. The van der Waals surface area contributed by atoms with Crippen molar-refractivity contribution >= 4 is 23.4 Å². The molecule has 2 atom stereocenters. The first-order valence-electron chi connectivity index (χ1n) is 9.84. The van der Waals surface area contributed by atoms with Crippen molar-refractivity contribution in [3.8, 4) is 5.75 Å². The molecule has 2 aromatic rings. The molecule has 5 nitrogen and oxygen atoms in total. The topological polar surface area (TPSA) is 58.6 Å². The number of para-hydroxylation sites is 1. The second-order valence-electron chi connectivity index (χ2n) is 7.20. The van der Waals surface area contributed by atoms with Crippen molar-refractivity contribution in [1.82, 2.24) is 10.2 Å². The summed E-state index contributed by atoms with van der Waals surface area (Å²) >= 11 is 5.96. The molecule has 0 fully saturated rings. The lowest BCUT2D eigenvalue weighted by molar-refractivity contribution is -0.142. The van der Waals surface area contributed by atoms with Crippen LogP contribution in [-0.4, -0.2) is 35.4 Å². The van der Waals surface area contributed by atoms with Crippen molar-refractivity contribution in [2.45, 2.75) is 52.7 Å². The monoisotopic (exact) mass is 416 g/mol. The predicted octanol–water partition coefficient (Wildman–Crippen LogP) is 4.36. The highest BCUT2D eigenvalue weighted by Gasteiger charge is 2.27. The van der Waals surface area contributed by atoms with E-state index in [-0.39, 0.29) is 24.5 Å². The van der Waals surface area contributed by atoms with Crippen LogP contribution < -0.4 is 10.1 Å². The van der Waals surface area contributed by atoms with Crippen molar-refractivity contribution in [3.63, 3.8) is 0 Å². The molecule has 0 aromatic heterocycles. The van der Waals surface area contributed by atoms with Gasteiger partial charge in [0.2, 0.25) is 5.91 Å². The van der Waals surface area contributed by atoms with E-state index in [0.717, 1.165) is 17.5 Å². The van der Waals surface area contributed by atoms with E-state index >= 15 is 0 Å². The first-order chi connectivity index (χ1) is 13.8. The number of ether oxygens (including phenoxy) is 1. The van der Waals surface area contributed by atoms with Crippen LogP contribution in [0, 0.1) is 6.92 Å². The van der Waals surface area contributed by atoms with Gasteiger partial charge in [-0.1, -0.05) is 48.9 Å². The van der Waals surface area contributed by atoms with Crippen LogP contribution in [0.4, 0.5) is 0 Å². The standard InChI is InChI=1S/C23H29ClN2O3/c1-5-17(3)25-23(28)18(4)26(14-19-10-12-20(24)13-11-19)22(27)15-29-21-9-7-6-8-16(21)2/h6-13,17-18H,5,14-15H2,1-4H3,(H,25,28)/t17-,18-/m0/s1. The van der Waals surface area contributed by atoms with E-state index in [1.54, 1.807) is 24.0 Å². The first kappa shape index (κ1) is 22.8. The summed E-state index contributed by atoms with van der Waals surface area (Å²) in [5, 5.41) is 3.57. The molecule has 2 rings (SSSR count). The number of aryl methyl sites for hydroxylation is 1. The molecule has 2 aromatic carbocycles. The molecule has 0 aliphatic heterocycles. The van der Waals surface area contributed by atoms with Crippen molar-refractivity contribution in [3.05, 3.63) is 64.7 Å². The Balaban J connectivity index is 2.15. The van der Waals surface area contributed by atoms with Crippen molar-refractivity contribution < 1.29 is 14.3 Å². The molecule has 0 spiro atoms. The lowest BCUT2D eigenvalue weighted by Gasteiger charge is -2.29. The van der Waals surface area contributed by atoms with Gasteiger partial charge < -0.3 is 15.0 Å². The fourth-order valence-corrected chi connectivity index (χ4v) is 2.90. The van der Waals surface area contributed by atoms with Crippen molar-refractivity contribution in [2.75, 3.05) is 6.61 Å². The summed E-state index contributed by atoms with van der Waals surface area (Å²) < 4.78 is 5.72. The lowest BCUT2D eigenvalue weighted by Crippen LogP contribution is -2.50. The summed E-state index contributed by atoms with van der Waals surface area (Å²) in [6, 6.07) is 14.2. The summed E-state index contributed by atoms with van der Waals surface area (Å²) in [6.45, 7) is 7.76. The largest absolute Gasteiger partial charge is 0.484 e. The van der Waals surface area contributed by atoms with Crippen LogP contribution in [0.1, 0.15) is 38.3 Å². The van der Waals surface area contributed by atoms with Gasteiger partial charge in [0, 0.05) is 17.6 Å². The van der Waals surface area contributed by atoms with E-state index in [1.807, 2.05) is 57.2 Å². The summed E-state index contributed by atoms with van der Waals surface area (Å²) in [5.74, 6) is 0.219. The highest BCUT2D eigenvalue weighted by atomic mass is 35.5. The third-order valence-corrected chi connectivity index (χ3v) is 5.13. The van der Waals surface area contributed by atoms with Gasteiger partial charge in [0.15, 0.2) is 6.61 Å². The van der Waals surface area contributed by atoms with Gasteiger partial charge in [-0.15, -0.1) is 0 Å². The number of nitrogens with one attached hydrogen (secondary N) is 1. The molecule has 1 N–H and O–H groups in total. The van der Waals surface area contributed by atoms with E-state index in [4.69, 9.17) is 16.3 Å². The number of hydrogen-bond acceptors (Lipinski definition) is 3. The average molecular weight is 417 g/mol. The Kier molecular flexibility index (Phi) is 8.52. The molecule has 0 saturated heterocycles. The molecule has 2 amide bonds. The van der Waals surface area contributed by atoms with Gasteiger partial charge in [-0.2, -0.15) is 0 Å². The van der Waals surface area contributed by atoms with Gasteiger partial charge in [0.05, 0.1) is 0 Å².